The maximum absolute atomic E-state index is 5.18. The summed E-state index contributed by atoms with van der Waals surface area (Å²) in [4.78, 5) is 15.0. The van der Waals surface area contributed by atoms with Crippen molar-refractivity contribution in [3.63, 3.8) is 0 Å². The highest BCUT2D eigenvalue weighted by atomic mass is 16.5. The fourth-order valence-electron chi connectivity index (χ4n) is 1.40. The summed E-state index contributed by atoms with van der Waals surface area (Å²) in [6.45, 7) is 0. The lowest BCUT2D eigenvalue weighted by Crippen LogP contribution is -1.88. The van der Waals surface area contributed by atoms with Crippen LogP contribution in [0.25, 0.3) is 10.9 Å². The lowest BCUT2D eigenvalue weighted by Gasteiger charge is -2.01. The molecule has 82 valence electrons. The first kappa shape index (κ1) is 10.2. The molecule has 6 nitrogen and oxygen atoms in total. The van der Waals surface area contributed by atoms with Crippen LogP contribution in [0.2, 0.25) is 0 Å². The van der Waals surface area contributed by atoms with Gasteiger partial charge in [0.05, 0.1) is 25.2 Å². The van der Waals surface area contributed by atoms with E-state index in [0.29, 0.717) is 11.6 Å². The fraction of sp³-hybridized carbons (Fsp3) is 0.100. The molecule has 0 radical (unpaired) electrons. The van der Waals surface area contributed by atoms with Gasteiger partial charge in [0.15, 0.2) is 5.82 Å². The third kappa shape index (κ3) is 1.72. The van der Waals surface area contributed by atoms with Crippen molar-refractivity contribution in [2.24, 2.45) is 15.7 Å². The second-order valence-electron chi connectivity index (χ2n) is 2.96. The predicted octanol–water partition coefficient (Wildman–Crippen LogP) is 1.22. The van der Waals surface area contributed by atoms with E-state index in [9.17, 15) is 0 Å². The van der Waals surface area contributed by atoms with Gasteiger partial charge in [-0.3, -0.25) is 0 Å². The number of rotatable bonds is 3. The standard InChI is InChI=1S/C10H11N5O/c1-16-8-4-14-10(15-6-12-5-11)9-7(8)2-3-13-9/h2-6,13H,1H3,(H2,11,12,14,15). The van der Waals surface area contributed by atoms with Crippen LogP contribution in [0.5, 0.6) is 5.75 Å². The molecule has 3 N–H and O–H groups in total. The van der Waals surface area contributed by atoms with E-state index in [0.717, 1.165) is 10.9 Å². The average molecular weight is 217 g/mol. The van der Waals surface area contributed by atoms with Crippen LogP contribution in [0.4, 0.5) is 5.82 Å². The molecule has 0 unspecified atom stereocenters. The van der Waals surface area contributed by atoms with Gasteiger partial charge in [0.25, 0.3) is 0 Å². The molecule has 0 aliphatic carbocycles. The van der Waals surface area contributed by atoms with Crippen molar-refractivity contribution >= 4 is 29.4 Å². The zero-order chi connectivity index (χ0) is 11.4. The minimum atomic E-state index is 0.548. The van der Waals surface area contributed by atoms with E-state index in [1.807, 2.05) is 6.07 Å². The Morgan fingerprint density at radius 2 is 2.44 bits per heavy atom. The first-order chi connectivity index (χ1) is 7.86. The molecule has 0 aromatic carbocycles. The SMILES string of the molecule is COc1cnc(N=CN=CN)c2[nH]ccc12. The Morgan fingerprint density at radius 3 is 3.19 bits per heavy atom. The Kier molecular flexibility index (Phi) is 2.81. The first-order valence-electron chi connectivity index (χ1n) is 4.63. The minimum absolute atomic E-state index is 0.548. The van der Waals surface area contributed by atoms with E-state index in [1.54, 1.807) is 19.5 Å². The third-order valence-corrected chi connectivity index (χ3v) is 2.09. The van der Waals surface area contributed by atoms with E-state index >= 15 is 0 Å². The molecule has 0 saturated carbocycles. The van der Waals surface area contributed by atoms with Crippen LogP contribution in [0.15, 0.2) is 28.4 Å². The summed E-state index contributed by atoms with van der Waals surface area (Å²) in [6, 6.07) is 1.90. The summed E-state index contributed by atoms with van der Waals surface area (Å²) in [6.07, 6.45) is 5.93. The van der Waals surface area contributed by atoms with Gasteiger partial charge in [-0.05, 0) is 6.07 Å². The predicted molar refractivity (Wildman–Crippen MR) is 63.5 cm³/mol. The number of aromatic amines is 1. The van der Waals surface area contributed by atoms with Crippen molar-refractivity contribution in [3.8, 4) is 5.75 Å². The smallest absolute Gasteiger partial charge is 0.178 e. The number of hydrogen-bond donors (Lipinski definition) is 2. The van der Waals surface area contributed by atoms with Gasteiger partial charge in [0.1, 0.15) is 12.1 Å². The van der Waals surface area contributed by atoms with E-state index < -0.39 is 0 Å². The quantitative estimate of drug-likeness (QED) is 0.598. The van der Waals surface area contributed by atoms with Crippen molar-refractivity contribution in [3.05, 3.63) is 18.5 Å². The average Bonchev–Trinajstić information content (AvgIpc) is 2.79. The number of H-pyrrole nitrogens is 1. The van der Waals surface area contributed by atoms with E-state index in [4.69, 9.17) is 10.5 Å². The topological polar surface area (TPSA) is 88.7 Å². The molecule has 2 aromatic rings. The Balaban J connectivity index is 2.51. The molecule has 0 fully saturated rings. The van der Waals surface area contributed by atoms with Gasteiger partial charge in [0, 0.05) is 11.6 Å². The summed E-state index contributed by atoms with van der Waals surface area (Å²) in [5.41, 5.74) is 5.91. The number of fused-ring (bicyclic) bond motifs is 1. The number of pyridine rings is 1. The number of methoxy groups -OCH3 is 1. The van der Waals surface area contributed by atoms with Crippen molar-refractivity contribution in [1.82, 2.24) is 9.97 Å². The Hall–Kier alpha value is -2.37. The molecule has 0 aliphatic rings. The molecule has 0 saturated heterocycles. The maximum Gasteiger partial charge on any atom is 0.178 e. The Bertz CT molecular complexity index is 543. The van der Waals surface area contributed by atoms with Crippen molar-refractivity contribution < 1.29 is 4.74 Å². The highest BCUT2D eigenvalue weighted by molar-refractivity contribution is 5.93. The summed E-state index contributed by atoms with van der Waals surface area (Å²) in [7, 11) is 1.60. The normalized spacial score (nSPS) is 11.8. The molecule has 0 atom stereocenters. The Morgan fingerprint density at radius 1 is 1.56 bits per heavy atom. The molecule has 2 aromatic heterocycles. The number of nitrogens with two attached hydrogens (primary N) is 1. The van der Waals surface area contributed by atoms with Gasteiger partial charge in [-0.15, -0.1) is 0 Å². The monoisotopic (exact) mass is 217 g/mol. The number of hydrogen-bond acceptors (Lipinski definition) is 3. The van der Waals surface area contributed by atoms with Crippen LogP contribution in [0.3, 0.4) is 0 Å². The maximum atomic E-state index is 5.18. The van der Waals surface area contributed by atoms with Gasteiger partial charge in [-0.2, -0.15) is 0 Å². The van der Waals surface area contributed by atoms with Gasteiger partial charge < -0.3 is 15.5 Å². The summed E-state index contributed by atoms with van der Waals surface area (Å²) >= 11 is 0. The van der Waals surface area contributed by atoms with Gasteiger partial charge >= 0.3 is 0 Å². The minimum Gasteiger partial charge on any atom is -0.494 e. The van der Waals surface area contributed by atoms with Crippen molar-refractivity contribution in [2.45, 2.75) is 0 Å². The number of nitrogens with one attached hydrogen (secondary N) is 1. The van der Waals surface area contributed by atoms with Gasteiger partial charge in [-0.1, -0.05) is 0 Å². The van der Waals surface area contributed by atoms with Gasteiger partial charge in [0.2, 0.25) is 0 Å². The highest BCUT2D eigenvalue weighted by Crippen LogP contribution is 2.29. The molecular formula is C10H11N5O. The van der Waals surface area contributed by atoms with Crippen LogP contribution in [0, 0.1) is 0 Å². The number of aromatic nitrogens is 2. The zero-order valence-electron chi connectivity index (χ0n) is 8.71. The molecular weight excluding hydrogens is 206 g/mol. The first-order valence-corrected chi connectivity index (χ1v) is 4.63. The number of ether oxygens (including phenoxy) is 1. The summed E-state index contributed by atoms with van der Waals surface area (Å²) < 4.78 is 5.18. The van der Waals surface area contributed by atoms with Crippen molar-refractivity contribution in [2.75, 3.05) is 7.11 Å². The fourth-order valence-corrected chi connectivity index (χ4v) is 1.40. The molecule has 0 amide bonds. The summed E-state index contributed by atoms with van der Waals surface area (Å²) in [5.74, 6) is 1.25. The van der Waals surface area contributed by atoms with Crippen LogP contribution >= 0.6 is 0 Å². The third-order valence-electron chi connectivity index (χ3n) is 2.09. The summed E-state index contributed by atoms with van der Waals surface area (Å²) in [5, 5.41) is 0.932. The van der Waals surface area contributed by atoms with Crippen molar-refractivity contribution in [1.29, 1.82) is 0 Å². The van der Waals surface area contributed by atoms with Crippen LogP contribution in [-0.4, -0.2) is 29.8 Å². The molecule has 0 aliphatic heterocycles. The zero-order valence-corrected chi connectivity index (χ0v) is 8.71. The molecule has 6 heteroatoms. The molecule has 2 heterocycles. The number of nitrogens with zero attached hydrogens (tertiary/aromatic N) is 3. The molecule has 0 spiro atoms. The van der Waals surface area contributed by atoms with Crippen LogP contribution < -0.4 is 10.5 Å². The lowest BCUT2D eigenvalue weighted by atomic mass is 10.3. The highest BCUT2D eigenvalue weighted by Gasteiger charge is 2.07. The van der Waals surface area contributed by atoms with Gasteiger partial charge in [-0.25, -0.2) is 15.0 Å². The second kappa shape index (κ2) is 4.43. The van der Waals surface area contributed by atoms with Crippen LogP contribution in [-0.2, 0) is 0 Å². The largest absolute Gasteiger partial charge is 0.494 e. The number of aliphatic imine (C=N–C) groups is 2. The molecule has 0 bridgehead atoms. The Labute approximate surface area is 91.9 Å². The van der Waals surface area contributed by atoms with E-state index in [-0.39, 0.29) is 0 Å². The molecule has 2 rings (SSSR count). The van der Waals surface area contributed by atoms with E-state index in [2.05, 4.69) is 20.0 Å². The van der Waals surface area contributed by atoms with Crippen LogP contribution in [0.1, 0.15) is 0 Å². The van der Waals surface area contributed by atoms with E-state index in [1.165, 1.54) is 12.7 Å². The second-order valence-corrected chi connectivity index (χ2v) is 2.96. The lowest BCUT2D eigenvalue weighted by molar-refractivity contribution is 0.418. The molecule has 16 heavy (non-hydrogen) atoms.